The number of halogens is 1. The third kappa shape index (κ3) is 4.34. The van der Waals surface area contributed by atoms with E-state index in [1.54, 1.807) is 36.7 Å². The van der Waals surface area contributed by atoms with E-state index in [9.17, 15) is 14.7 Å². The minimum Gasteiger partial charge on any atom is -0.507 e. The van der Waals surface area contributed by atoms with Gasteiger partial charge in [0.25, 0.3) is 11.7 Å². The first kappa shape index (κ1) is 22.3. The van der Waals surface area contributed by atoms with Crippen molar-refractivity contribution in [3.05, 3.63) is 64.4 Å². The van der Waals surface area contributed by atoms with Gasteiger partial charge in [-0.3, -0.25) is 19.5 Å². The zero-order chi connectivity index (χ0) is 22.7. The van der Waals surface area contributed by atoms with E-state index in [0.717, 1.165) is 13.1 Å². The summed E-state index contributed by atoms with van der Waals surface area (Å²) in [6, 6.07) is 7.50. The van der Waals surface area contributed by atoms with Crippen LogP contribution in [0.3, 0.4) is 0 Å². The maximum Gasteiger partial charge on any atom is 0.295 e. The highest BCUT2D eigenvalue weighted by Gasteiger charge is 2.46. The van der Waals surface area contributed by atoms with E-state index >= 15 is 0 Å². The second kappa shape index (κ2) is 9.68. The fourth-order valence-electron chi connectivity index (χ4n) is 4.04. The lowest BCUT2D eigenvalue weighted by Gasteiger charge is -2.30. The van der Waals surface area contributed by atoms with Crippen molar-refractivity contribution in [1.82, 2.24) is 14.8 Å². The van der Waals surface area contributed by atoms with Gasteiger partial charge in [-0.15, -0.1) is 0 Å². The van der Waals surface area contributed by atoms with Gasteiger partial charge >= 0.3 is 0 Å². The number of methoxy groups -OCH3 is 1. The largest absolute Gasteiger partial charge is 0.507 e. The molecule has 0 spiro atoms. The molecule has 168 valence electrons. The summed E-state index contributed by atoms with van der Waals surface area (Å²) in [6.45, 7) is 3.76. The SMILES string of the molecule is COc1ccc(/C(O)=C2\C(=O)C(=O)N(CCN3CCOCC3)[C@@H]2c2cccnc2)cc1Cl. The molecule has 2 fully saturated rings. The van der Waals surface area contributed by atoms with E-state index in [2.05, 4.69) is 9.88 Å². The number of hydrogen-bond acceptors (Lipinski definition) is 7. The number of Topliss-reactive ketones (excluding diaryl/α,β-unsaturated/α-hetero) is 1. The third-order valence-corrected chi connectivity index (χ3v) is 6.02. The van der Waals surface area contributed by atoms with Gasteiger partial charge in [-0.05, 0) is 29.8 Å². The Morgan fingerprint density at radius 3 is 2.69 bits per heavy atom. The van der Waals surface area contributed by atoms with Crippen LogP contribution in [0.5, 0.6) is 5.75 Å². The lowest BCUT2D eigenvalue weighted by molar-refractivity contribution is -0.140. The van der Waals surface area contributed by atoms with E-state index in [0.29, 0.717) is 43.2 Å². The van der Waals surface area contributed by atoms with E-state index in [1.807, 2.05) is 0 Å². The molecule has 2 aromatic rings. The van der Waals surface area contributed by atoms with Crippen LogP contribution in [0.15, 0.2) is 48.3 Å². The summed E-state index contributed by atoms with van der Waals surface area (Å²) in [5.41, 5.74) is 0.997. The second-order valence-corrected chi connectivity index (χ2v) is 7.99. The third-order valence-electron chi connectivity index (χ3n) is 5.73. The van der Waals surface area contributed by atoms with Crippen LogP contribution in [0.1, 0.15) is 17.2 Å². The lowest BCUT2D eigenvalue weighted by Crippen LogP contribution is -2.42. The molecule has 1 amide bonds. The van der Waals surface area contributed by atoms with Crippen molar-refractivity contribution in [1.29, 1.82) is 0 Å². The number of hydrogen-bond donors (Lipinski definition) is 1. The van der Waals surface area contributed by atoms with E-state index in [-0.39, 0.29) is 16.4 Å². The molecule has 1 N–H and O–H groups in total. The molecular formula is C23H24ClN3O5. The molecule has 0 aliphatic carbocycles. The van der Waals surface area contributed by atoms with Gasteiger partial charge in [0, 0.05) is 44.1 Å². The molecule has 32 heavy (non-hydrogen) atoms. The number of amides is 1. The molecule has 4 rings (SSSR count). The Balaban J connectivity index is 1.72. The van der Waals surface area contributed by atoms with Crippen LogP contribution < -0.4 is 4.74 Å². The number of pyridine rings is 1. The van der Waals surface area contributed by atoms with Crippen LogP contribution in [0, 0.1) is 0 Å². The van der Waals surface area contributed by atoms with Gasteiger partial charge in [0.2, 0.25) is 0 Å². The average molecular weight is 458 g/mol. The Morgan fingerprint density at radius 1 is 1.25 bits per heavy atom. The fraction of sp³-hybridized carbons (Fsp3) is 0.348. The molecule has 8 nitrogen and oxygen atoms in total. The van der Waals surface area contributed by atoms with Crippen molar-refractivity contribution in [2.75, 3.05) is 46.5 Å². The number of aliphatic hydroxyl groups excluding tert-OH is 1. The number of ketones is 1. The number of aliphatic hydroxyl groups is 1. The molecular weight excluding hydrogens is 434 g/mol. The Hall–Kier alpha value is -2.94. The topological polar surface area (TPSA) is 92.2 Å². The lowest BCUT2D eigenvalue weighted by atomic mass is 9.96. The van der Waals surface area contributed by atoms with Crippen LogP contribution in [0.2, 0.25) is 5.02 Å². The van der Waals surface area contributed by atoms with Crippen LogP contribution in [0.25, 0.3) is 5.76 Å². The van der Waals surface area contributed by atoms with Gasteiger partial charge < -0.3 is 19.5 Å². The summed E-state index contributed by atoms with van der Waals surface area (Å²) in [7, 11) is 1.49. The van der Waals surface area contributed by atoms with Crippen molar-refractivity contribution in [3.8, 4) is 5.75 Å². The van der Waals surface area contributed by atoms with Crippen molar-refractivity contribution >= 4 is 29.1 Å². The number of nitrogens with zero attached hydrogens (tertiary/aromatic N) is 3. The maximum atomic E-state index is 13.1. The number of ether oxygens (including phenoxy) is 2. The predicted octanol–water partition coefficient (Wildman–Crippen LogP) is 2.50. The first-order chi connectivity index (χ1) is 15.5. The summed E-state index contributed by atoms with van der Waals surface area (Å²) in [6.07, 6.45) is 3.22. The quantitative estimate of drug-likeness (QED) is 0.404. The Kier molecular flexibility index (Phi) is 6.74. The molecule has 1 aromatic carbocycles. The van der Waals surface area contributed by atoms with Crippen LogP contribution >= 0.6 is 11.6 Å². The van der Waals surface area contributed by atoms with Crippen molar-refractivity contribution in [3.63, 3.8) is 0 Å². The Labute approximate surface area is 191 Å². The minimum atomic E-state index is -0.745. The summed E-state index contributed by atoms with van der Waals surface area (Å²) in [5, 5.41) is 11.4. The zero-order valence-electron chi connectivity index (χ0n) is 17.7. The molecule has 1 aromatic heterocycles. The summed E-state index contributed by atoms with van der Waals surface area (Å²) >= 11 is 6.22. The zero-order valence-corrected chi connectivity index (χ0v) is 18.4. The van der Waals surface area contributed by atoms with Crippen molar-refractivity contribution in [2.24, 2.45) is 0 Å². The van der Waals surface area contributed by atoms with Crippen molar-refractivity contribution in [2.45, 2.75) is 6.04 Å². The standard InChI is InChI=1S/C23H24ClN3O5/c1-31-18-5-4-15(13-17(18)24)21(28)19-20(16-3-2-6-25-14-16)27(23(30)22(19)29)8-7-26-9-11-32-12-10-26/h2-6,13-14,20,28H,7-12H2,1H3/b21-19+/t20-/m1/s1. The number of rotatable bonds is 6. The van der Waals surface area contributed by atoms with Gasteiger partial charge in [-0.1, -0.05) is 17.7 Å². The van der Waals surface area contributed by atoms with Crippen LogP contribution in [0.4, 0.5) is 0 Å². The fourth-order valence-corrected chi connectivity index (χ4v) is 4.30. The molecule has 0 radical (unpaired) electrons. The molecule has 2 aliphatic rings. The van der Waals surface area contributed by atoms with E-state index in [4.69, 9.17) is 21.1 Å². The van der Waals surface area contributed by atoms with Gasteiger partial charge in [0.15, 0.2) is 0 Å². The summed E-state index contributed by atoms with van der Waals surface area (Å²) in [4.78, 5) is 33.9. The molecule has 3 heterocycles. The highest BCUT2D eigenvalue weighted by Crippen LogP contribution is 2.39. The van der Waals surface area contributed by atoms with Gasteiger partial charge in [0.1, 0.15) is 11.5 Å². The van der Waals surface area contributed by atoms with E-state index < -0.39 is 17.7 Å². The van der Waals surface area contributed by atoms with Crippen LogP contribution in [-0.4, -0.2) is 78.1 Å². The Bertz CT molecular complexity index is 1040. The maximum absolute atomic E-state index is 13.1. The van der Waals surface area contributed by atoms with E-state index in [1.165, 1.54) is 18.1 Å². The summed E-state index contributed by atoms with van der Waals surface area (Å²) < 4.78 is 10.5. The highest BCUT2D eigenvalue weighted by atomic mass is 35.5. The number of morpholine rings is 1. The predicted molar refractivity (Wildman–Crippen MR) is 119 cm³/mol. The number of aromatic nitrogens is 1. The molecule has 2 aliphatic heterocycles. The monoisotopic (exact) mass is 457 g/mol. The van der Waals surface area contributed by atoms with Gasteiger partial charge in [-0.25, -0.2) is 0 Å². The van der Waals surface area contributed by atoms with Gasteiger partial charge in [0.05, 0.1) is 37.0 Å². The number of carbonyl (C=O) groups is 2. The van der Waals surface area contributed by atoms with Gasteiger partial charge in [-0.2, -0.15) is 0 Å². The molecule has 0 saturated carbocycles. The molecule has 2 saturated heterocycles. The van der Waals surface area contributed by atoms with Crippen LogP contribution in [-0.2, 0) is 14.3 Å². The highest BCUT2D eigenvalue weighted by molar-refractivity contribution is 6.46. The minimum absolute atomic E-state index is 0.0196. The molecule has 1 atom stereocenters. The molecule has 9 heteroatoms. The average Bonchev–Trinajstić information content (AvgIpc) is 3.08. The molecule has 0 bridgehead atoms. The number of carbonyl (C=O) groups excluding carboxylic acids is 2. The summed E-state index contributed by atoms with van der Waals surface area (Å²) in [5.74, 6) is -1.22. The number of likely N-dealkylation sites (tertiary alicyclic amines) is 1. The number of benzene rings is 1. The molecule has 0 unspecified atom stereocenters. The first-order valence-corrected chi connectivity index (χ1v) is 10.7. The first-order valence-electron chi connectivity index (χ1n) is 10.3. The second-order valence-electron chi connectivity index (χ2n) is 7.58. The smallest absolute Gasteiger partial charge is 0.295 e. The Morgan fingerprint density at radius 2 is 2.03 bits per heavy atom. The van der Waals surface area contributed by atoms with Crippen molar-refractivity contribution < 1.29 is 24.2 Å². The normalized spacial score (nSPS) is 21.2.